The van der Waals surface area contributed by atoms with E-state index in [1.54, 1.807) is 0 Å². The average Bonchev–Trinajstić information content (AvgIpc) is 2.90. The fourth-order valence-corrected chi connectivity index (χ4v) is 3.29. The van der Waals surface area contributed by atoms with E-state index < -0.39 is 0 Å². The van der Waals surface area contributed by atoms with Gasteiger partial charge in [0.1, 0.15) is 0 Å². The quantitative estimate of drug-likeness (QED) is 0.865. The number of benzene rings is 1. The van der Waals surface area contributed by atoms with E-state index in [2.05, 4.69) is 34.9 Å². The zero-order valence-electron chi connectivity index (χ0n) is 12.0. The van der Waals surface area contributed by atoms with Gasteiger partial charge in [-0.2, -0.15) is 0 Å². The maximum absolute atomic E-state index is 12.3. The molecule has 108 valence electrons. The monoisotopic (exact) mass is 272 g/mol. The van der Waals surface area contributed by atoms with Gasteiger partial charge >= 0.3 is 0 Å². The minimum Gasteiger partial charge on any atom is -0.349 e. The van der Waals surface area contributed by atoms with Gasteiger partial charge in [-0.25, -0.2) is 0 Å². The van der Waals surface area contributed by atoms with Gasteiger partial charge < -0.3 is 10.6 Å². The molecule has 2 fully saturated rings. The van der Waals surface area contributed by atoms with Gasteiger partial charge in [0.25, 0.3) is 0 Å². The summed E-state index contributed by atoms with van der Waals surface area (Å²) in [6.07, 6.45) is 6.72. The summed E-state index contributed by atoms with van der Waals surface area (Å²) < 4.78 is 0. The van der Waals surface area contributed by atoms with E-state index in [-0.39, 0.29) is 11.9 Å². The molecule has 0 radical (unpaired) electrons. The molecule has 1 saturated heterocycles. The Balaban J connectivity index is 1.62. The molecule has 3 heteroatoms. The number of nitrogens with one attached hydrogen (secondary N) is 2. The molecule has 2 atom stereocenters. The van der Waals surface area contributed by atoms with E-state index in [1.165, 1.54) is 31.2 Å². The predicted molar refractivity (Wildman–Crippen MR) is 80.3 cm³/mol. The van der Waals surface area contributed by atoms with Crippen molar-refractivity contribution in [3.05, 3.63) is 35.9 Å². The van der Waals surface area contributed by atoms with Crippen molar-refractivity contribution in [2.45, 2.75) is 50.6 Å². The van der Waals surface area contributed by atoms with Gasteiger partial charge in [-0.1, -0.05) is 36.8 Å². The average molecular weight is 272 g/mol. The number of hydrogen-bond donors (Lipinski definition) is 2. The SMILES string of the molecule is O=C(CC1CCCN1)NC(c1ccccc1)C1CCC1. The van der Waals surface area contributed by atoms with Gasteiger partial charge in [0, 0.05) is 12.5 Å². The summed E-state index contributed by atoms with van der Waals surface area (Å²) in [6, 6.07) is 11.0. The first-order valence-corrected chi connectivity index (χ1v) is 7.90. The molecule has 3 nitrogen and oxygen atoms in total. The summed E-state index contributed by atoms with van der Waals surface area (Å²) in [5, 5.41) is 6.68. The van der Waals surface area contributed by atoms with Crippen LogP contribution >= 0.6 is 0 Å². The van der Waals surface area contributed by atoms with Crippen molar-refractivity contribution in [1.82, 2.24) is 10.6 Å². The first-order chi connectivity index (χ1) is 9.83. The highest BCUT2D eigenvalue weighted by molar-refractivity contribution is 5.77. The molecular formula is C17H24N2O. The summed E-state index contributed by atoms with van der Waals surface area (Å²) in [5.74, 6) is 0.822. The Morgan fingerprint density at radius 2 is 2.00 bits per heavy atom. The van der Waals surface area contributed by atoms with E-state index in [4.69, 9.17) is 0 Å². The fraction of sp³-hybridized carbons (Fsp3) is 0.588. The molecule has 0 bridgehead atoms. The minimum absolute atomic E-state index is 0.199. The molecule has 0 aromatic heterocycles. The van der Waals surface area contributed by atoms with Gasteiger partial charge in [-0.15, -0.1) is 0 Å². The summed E-state index contributed by atoms with van der Waals surface area (Å²) in [5.41, 5.74) is 1.25. The van der Waals surface area contributed by atoms with Crippen LogP contribution in [0.3, 0.4) is 0 Å². The first-order valence-electron chi connectivity index (χ1n) is 7.90. The molecule has 2 unspecified atom stereocenters. The summed E-state index contributed by atoms with van der Waals surface area (Å²) in [6.45, 7) is 1.06. The number of rotatable bonds is 5. The van der Waals surface area contributed by atoms with Crippen LogP contribution in [-0.4, -0.2) is 18.5 Å². The fourth-order valence-electron chi connectivity index (χ4n) is 3.29. The highest BCUT2D eigenvalue weighted by Crippen LogP contribution is 2.37. The maximum Gasteiger partial charge on any atom is 0.222 e. The van der Waals surface area contributed by atoms with Crippen LogP contribution in [-0.2, 0) is 4.79 Å². The molecule has 1 aliphatic carbocycles. The smallest absolute Gasteiger partial charge is 0.222 e. The van der Waals surface area contributed by atoms with E-state index >= 15 is 0 Å². The molecule has 1 saturated carbocycles. The van der Waals surface area contributed by atoms with Crippen LogP contribution in [0.1, 0.15) is 50.1 Å². The molecule has 1 aromatic rings. The van der Waals surface area contributed by atoms with Crippen molar-refractivity contribution in [3.8, 4) is 0 Å². The lowest BCUT2D eigenvalue weighted by Crippen LogP contribution is -2.38. The molecule has 1 aromatic carbocycles. The van der Waals surface area contributed by atoms with Crippen molar-refractivity contribution in [2.24, 2.45) is 5.92 Å². The zero-order valence-corrected chi connectivity index (χ0v) is 12.0. The summed E-state index contributed by atoms with van der Waals surface area (Å²) >= 11 is 0. The van der Waals surface area contributed by atoms with Crippen LogP contribution in [0.4, 0.5) is 0 Å². The number of carbonyl (C=O) groups excluding carboxylic acids is 1. The maximum atomic E-state index is 12.3. The highest BCUT2D eigenvalue weighted by Gasteiger charge is 2.30. The van der Waals surface area contributed by atoms with Crippen molar-refractivity contribution < 1.29 is 4.79 Å². The molecule has 1 amide bonds. The second kappa shape index (κ2) is 6.40. The minimum atomic E-state index is 0.199. The standard InChI is InChI=1S/C17H24N2O/c20-16(12-15-10-5-11-18-15)19-17(14-8-4-9-14)13-6-2-1-3-7-13/h1-3,6-7,14-15,17-18H,4-5,8-12H2,(H,19,20). The van der Waals surface area contributed by atoms with Crippen LogP contribution in [0.25, 0.3) is 0 Å². The molecule has 0 spiro atoms. The third-order valence-electron chi connectivity index (χ3n) is 4.69. The normalized spacial score (nSPS) is 24.1. The second-order valence-corrected chi connectivity index (χ2v) is 6.14. The zero-order chi connectivity index (χ0) is 13.8. The van der Waals surface area contributed by atoms with Crippen LogP contribution in [0.2, 0.25) is 0 Å². The molecule has 20 heavy (non-hydrogen) atoms. The van der Waals surface area contributed by atoms with Gasteiger partial charge in [-0.3, -0.25) is 4.79 Å². The molecule has 3 rings (SSSR count). The van der Waals surface area contributed by atoms with Crippen molar-refractivity contribution in [3.63, 3.8) is 0 Å². The van der Waals surface area contributed by atoms with Gasteiger partial charge in [-0.05, 0) is 43.7 Å². The van der Waals surface area contributed by atoms with Gasteiger partial charge in [0.15, 0.2) is 0 Å². The van der Waals surface area contributed by atoms with Gasteiger partial charge in [0.2, 0.25) is 5.91 Å². The van der Waals surface area contributed by atoms with Crippen LogP contribution in [0.15, 0.2) is 30.3 Å². The molecule has 1 aliphatic heterocycles. The van der Waals surface area contributed by atoms with E-state index in [0.717, 1.165) is 13.0 Å². The van der Waals surface area contributed by atoms with E-state index in [9.17, 15) is 4.79 Å². The molecule has 2 N–H and O–H groups in total. The number of hydrogen-bond acceptors (Lipinski definition) is 2. The summed E-state index contributed by atoms with van der Waals surface area (Å²) in [4.78, 5) is 12.3. The Hall–Kier alpha value is -1.35. The van der Waals surface area contributed by atoms with E-state index in [0.29, 0.717) is 18.4 Å². The molecule has 1 heterocycles. The second-order valence-electron chi connectivity index (χ2n) is 6.14. The Morgan fingerprint density at radius 3 is 2.60 bits per heavy atom. The third kappa shape index (κ3) is 3.21. The Kier molecular flexibility index (Phi) is 4.36. The summed E-state index contributed by atoms with van der Waals surface area (Å²) in [7, 11) is 0. The van der Waals surface area contributed by atoms with Crippen LogP contribution < -0.4 is 10.6 Å². The van der Waals surface area contributed by atoms with Crippen molar-refractivity contribution in [1.29, 1.82) is 0 Å². The number of amides is 1. The number of carbonyl (C=O) groups is 1. The Morgan fingerprint density at radius 1 is 1.20 bits per heavy atom. The lowest BCUT2D eigenvalue weighted by molar-refractivity contribution is -0.122. The lowest BCUT2D eigenvalue weighted by atomic mass is 9.77. The molecule has 2 aliphatic rings. The van der Waals surface area contributed by atoms with Crippen molar-refractivity contribution >= 4 is 5.91 Å². The van der Waals surface area contributed by atoms with E-state index in [1.807, 2.05) is 6.07 Å². The molecular weight excluding hydrogens is 248 g/mol. The lowest BCUT2D eigenvalue weighted by Gasteiger charge is -2.35. The predicted octanol–water partition coefficient (Wildman–Crippen LogP) is 2.79. The third-order valence-corrected chi connectivity index (χ3v) is 4.69. The highest BCUT2D eigenvalue weighted by atomic mass is 16.1. The van der Waals surface area contributed by atoms with Crippen LogP contribution in [0, 0.1) is 5.92 Å². The first kappa shape index (κ1) is 13.6. The Bertz CT molecular complexity index is 436. The van der Waals surface area contributed by atoms with Crippen LogP contribution in [0.5, 0.6) is 0 Å². The van der Waals surface area contributed by atoms with Gasteiger partial charge in [0.05, 0.1) is 6.04 Å². The Labute approximate surface area is 121 Å². The topological polar surface area (TPSA) is 41.1 Å². The largest absolute Gasteiger partial charge is 0.349 e. The van der Waals surface area contributed by atoms with Crippen molar-refractivity contribution in [2.75, 3.05) is 6.54 Å².